The topological polar surface area (TPSA) is 84.6 Å². The highest BCUT2D eigenvalue weighted by Gasteiger charge is 2.24. The van der Waals surface area contributed by atoms with Gasteiger partial charge in [0.1, 0.15) is 5.75 Å². The molecule has 0 bridgehead atoms. The lowest BCUT2D eigenvalue weighted by Crippen LogP contribution is -2.26. The molecule has 0 aliphatic heterocycles. The first-order valence-electron chi connectivity index (χ1n) is 11.7. The number of hydrogen-bond donors (Lipinski definition) is 1. The van der Waals surface area contributed by atoms with Gasteiger partial charge in [0.25, 0.3) is 5.91 Å². The monoisotopic (exact) mass is 488 g/mol. The predicted octanol–water partition coefficient (Wildman–Crippen LogP) is 4.44. The van der Waals surface area contributed by atoms with Gasteiger partial charge in [-0.25, -0.2) is 4.98 Å². The molecule has 2 heterocycles. The van der Waals surface area contributed by atoms with Gasteiger partial charge in [-0.15, -0.1) is 0 Å². The number of rotatable bonds is 9. The number of carbonyl (C=O) groups excluding carboxylic acids is 1. The van der Waals surface area contributed by atoms with E-state index < -0.39 is 0 Å². The number of anilines is 1. The van der Waals surface area contributed by atoms with E-state index in [0.29, 0.717) is 23.3 Å². The van der Waals surface area contributed by atoms with Crippen LogP contribution in [0.5, 0.6) is 5.75 Å². The van der Waals surface area contributed by atoms with Gasteiger partial charge in [-0.2, -0.15) is 14.6 Å². The van der Waals surface area contributed by atoms with Crippen LogP contribution in [0.15, 0.2) is 59.9 Å². The predicted molar refractivity (Wildman–Crippen MR) is 138 cm³/mol. The van der Waals surface area contributed by atoms with Crippen molar-refractivity contribution in [3.05, 3.63) is 65.9 Å². The maximum atomic E-state index is 12.4. The lowest BCUT2D eigenvalue weighted by atomic mass is 10.1. The Balaban J connectivity index is 1.47. The molecule has 0 atom stereocenters. The van der Waals surface area contributed by atoms with Crippen molar-refractivity contribution in [2.75, 3.05) is 24.8 Å². The summed E-state index contributed by atoms with van der Waals surface area (Å²) < 4.78 is 7.09. The number of nitrogens with one attached hydrogen (secondary N) is 1. The zero-order chi connectivity index (χ0) is 24.4. The van der Waals surface area contributed by atoms with E-state index in [4.69, 9.17) is 14.7 Å². The molecule has 5 rings (SSSR count). The smallest absolute Gasteiger partial charge is 0.251 e. The summed E-state index contributed by atoms with van der Waals surface area (Å²) in [4.78, 5) is 24.1. The minimum atomic E-state index is -0.0229. The van der Waals surface area contributed by atoms with E-state index in [1.807, 2.05) is 48.9 Å². The Morgan fingerprint density at radius 3 is 2.51 bits per heavy atom. The van der Waals surface area contributed by atoms with Crippen LogP contribution in [-0.4, -0.2) is 51.4 Å². The lowest BCUT2D eigenvalue weighted by molar-refractivity contribution is 0.0951. The average molecular weight is 489 g/mol. The van der Waals surface area contributed by atoms with Gasteiger partial charge in [0, 0.05) is 30.3 Å². The summed E-state index contributed by atoms with van der Waals surface area (Å²) in [6.45, 7) is 3.54. The maximum Gasteiger partial charge on any atom is 0.251 e. The van der Waals surface area contributed by atoms with Gasteiger partial charge >= 0.3 is 0 Å². The first kappa shape index (κ1) is 23.2. The van der Waals surface area contributed by atoms with Gasteiger partial charge in [-0.1, -0.05) is 36.0 Å². The molecule has 180 valence electrons. The summed E-state index contributed by atoms with van der Waals surface area (Å²) in [5, 5.41) is 8.37. The largest absolute Gasteiger partial charge is 0.497 e. The van der Waals surface area contributed by atoms with E-state index in [1.54, 1.807) is 11.6 Å². The van der Waals surface area contributed by atoms with Crippen LogP contribution in [-0.2, 0) is 6.54 Å². The van der Waals surface area contributed by atoms with Gasteiger partial charge in [-0.3, -0.25) is 4.79 Å². The molecule has 4 aromatic rings. The Morgan fingerprint density at radius 2 is 1.89 bits per heavy atom. The number of nitrogens with zero attached hydrogens (tertiary/aromatic N) is 5. The molecule has 1 N–H and O–H groups in total. The summed E-state index contributed by atoms with van der Waals surface area (Å²) in [7, 11) is 1.67. The molecule has 1 saturated carbocycles. The van der Waals surface area contributed by atoms with Crippen molar-refractivity contribution in [1.29, 1.82) is 0 Å². The lowest BCUT2D eigenvalue weighted by Gasteiger charge is -2.22. The van der Waals surface area contributed by atoms with E-state index in [2.05, 4.69) is 34.4 Å². The highest BCUT2D eigenvalue weighted by molar-refractivity contribution is 7.98. The van der Waals surface area contributed by atoms with E-state index in [-0.39, 0.29) is 5.91 Å². The van der Waals surface area contributed by atoms with Gasteiger partial charge in [0.05, 0.1) is 13.3 Å². The Kier molecular flexibility index (Phi) is 6.59. The van der Waals surface area contributed by atoms with Crippen molar-refractivity contribution in [3.63, 3.8) is 0 Å². The molecule has 0 spiro atoms. The van der Waals surface area contributed by atoms with Crippen LogP contribution in [0.1, 0.15) is 35.7 Å². The highest BCUT2D eigenvalue weighted by Crippen LogP contribution is 2.29. The van der Waals surface area contributed by atoms with Crippen LogP contribution < -0.4 is 15.0 Å². The number of methoxy groups -OCH3 is 1. The first-order valence-corrected chi connectivity index (χ1v) is 12.9. The molecule has 1 aliphatic rings. The fraction of sp³-hybridized carbons (Fsp3) is 0.308. The van der Waals surface area contributed by atoms with Gasteiger partial charge in [0.2, 0.25) is 5.95 Å². The van der Waals surface area contributed by atoms with Crippen molar-refractivity contribution in [2.24, 2.45) is 0 Å². The van der Waals surface area contributed by atoms with Crippen molar-refractivity contribution in [2.45, 2.75) is 37.5 Å². The van der Waals surface area contributed by atoms with Crippen LogP contribution in [0.4, 0.5) is 5.95 Å². The molecule has 8 nitrogen and oxygen atoms in total. The summed E-state index contributed by atoms with van der Waals surface area (Å²) in [6.07, 6.45) is 5.93. The van der Waals surface area contributed by atoms with Crippen LogP contribution >= 0.6 is 11.8 Å². The van der Waals surface area contributed by atoms with Crippen molar-refractivity contribution >= 4 is 29.3 Å². The van der Waals surface area contributed by atoms with E-state index in [0.717, 1.165) is 53.4 Å². The molecule has 1 aliphatic carbocycles. The van der Waals surface area contributed by atoms with Gasteiger partial charge < -0.3 is 15.0 Å². The normalized spacial score (nSPS) is 13.1. The van der Waals surface area contributed by atoms with Crippen LogP contribution in [0.3, 0.4) is 0 Å². The number of benzene rings is 2. The summed E-state index contributed by atoms with van der Waals surface area (Å²) in [6, 6.07) is 16.0. The second-order valence-electron chi connectivity index (χ2n) is 8.49. The minimum absolute atomic E-state index is 0.0229. The zero-order valence-corrected chi connectivity index (χ0v) is 20.9. The minimum Gasteiger partial charge on any atom is -0.497 e. The molecule has 0 unspecified atom stereocenters. The van der Waals surface area contributed by atoms with Crippen LogP contribution in [0.25, 0.3) is 16.8 Å². The van der Waals surface area contributed by atoms with Crippen LogP contribution in [0.2, 0.25) is 0 Å². The SMILES string of the molecule is CCN(Cc1ccc(OC)cc1)c1nc(SC)nc2c(-c3ccc(C(=O)NC4CC4)cc3)cnn12. The third-order valence-corrected chi connectivity index (χ3v) is 6.63. The van der Waals surface area contributed by atoms with E-state index in [1.165, 1.54) is 11.8 Å². The Labute approximate surface area is 208 Å². The Hall–Kier alpha value is -3.59. The number of amides is 1. The van der Waals surface area contributed by atoms with Crippen molar-refractivity contribution in [1.82, 2.24) is 24.9 Å². The fourth-order valence-corrected chi connectivity index (χ4v) is 4.27. The molecule has 1 fully saturated rings. The number of ether oxygens (including phenoxy) is 1. The first-order chi connectivity index (χ1) is 17.1. The third kappa shape index (κ3) is 4.95. The van der Waals surface area contributed by atoms with Gasteiger partial charge in [-0.05, 0) is 61.4 Å². The molecule has 2 aromatic carbocycles. The molecular formula is C26H28N6O2S. The number of hydrogen-bond acceptors (Lipinski definition) is 7. The molecular weight excluding hydrogens is 460 g/mol. The molecule has 0 saturated heterocycles. The number of fused-ring (bicyclic) bond motifs is 1. The fourth-order valence-electron chi connectivity index (χ4n) is 3.92. The Morgan fingerprint density at radius 1 is 1.14 bits per heavy atom. The van der Waals surface area contributed by atoms with Gasteiger partial charge in [0.15, 0.2) is 10.8 Å². The molecule has 0 radical (unpaired) electrons. The van der Waals surface area contributed by atoms with Crippen molar-refractivity contribution < 1.29 is 9.53 Å². The molecule has 2 aromatic heterocycles. The number of carbonyl (C=O) groups is 1. The second-order valence-corrected chi connectivity index (χ2v) is 9.26. The summed E-state index contributed by atoms with van der Waals surface area (Å²) in [5.41, 5.74) is 4.41. The molecule has 1 amide bonds. The Bertz CT molecular complexity index is 1330. The molecule has 35 heavy (non-hydrogen) atoms. The standard InChI is InChI=1S/C26H28N6O2S/c1-4-31(16-17-5-13-21(34-2)14-6-17)26-30-25(35-3)29-23-22(15-27-32(23)26)18-7-9-19(10-8-18)24(33)28-20-11-12-20/h5-10,13-15,20H,4,11-12,16H2,1-3H3,(H,28,33). The summed E-state index contributed by atoms with van der Waals surface area (Å²) >= 11 is 1.50. The van der Waals surface area contributed by atoms with E-state index >= 15 is 0 Å². The van der Waals surface area contributed by atoms with Crippen molar-refractivity contribution in [3.8, 4) is 16.9 Å². The quantitative estimate of drug-likeness (QED) is 0.349. The second kappa shape index (κ2) is 9.95. The maximum absolute atomic E-state index is 12.4. The molecule has 9 heteroatoms. The van der Waals surface area contributed by atoms with Crippen LogP contribution in [0, 0.1) is 0 Å². The number of thioether (sulfide) groups is 1. The van der Waals surface area contributed by atoms with E-state index in [9.17, 15) is 4.79 Å². The zero-order valence-electron chi connectivity index (χ0n) is 20.1. The highest BCUT2D eigenvalue weighted by atomic mass is 32.2. The number of aromatic nitrogens is 4. The summed E-state index contributed by atoms with van der Waals surface area (Å²) in [5.74, 6) is 1.55. The third-order valence-electron chi connectivity index (χ3n) is 6.08. The average Bonchev–Trinajstić information content (AvgIpc) is 3.62.